The monoisotopic (exact) mass is 340 g/mol. The van der Waals surface area contributed by atoms with Crippen molar-refractivity contribution >= 4 is 29.1 Å². The number of amides is 1. The van der Waals surface area contributed by atoms with Crippen molar-refractivity contribution in [3.05, 3.63) is 51.8 Å². The van der Waals surface area contributed by atoms with Gasteiger partial charge in [-0.15, -0.1) is 0 Å². The second-order valence-corrected chi connectivity index (χ2v) is 5.69. The fourth-order valence-electron chi connectivity index (χ4n) is 2.15. The molecule has 0 aliphatic carbocycles. The van der Waals surface area contributed by atoms with Gasteiger partial charge in [-0.3, -0.25) is 4.79 Å². The van der Waals surface area contributed by atoms with Crippen molar-refractivity contribution in [3.63, 3.8) is 0 Å². The van der Waals surface area contributed by atoms with Crippen molar-refractivity contribution in [2.45, 2.75) is 19.9 Å². The number of halogens is 2. The molecule has 0 aliphatic heterocycles. The first kappa shape index (κ1) is 16.7. The highest BCUT2D eigenvalue weighted by Crippen LogP contribution is 2.26. The van der Waals surface area contributed by atoms with Crippen LogP contribution in [0.25, 0.3) is 0 Å². The third kappa shape index (κ3) is 3.57. The van der Waals surface area contributed by atoms with Gasteiger partial charge < -0.3 is 14.6 Å². The van der Waals surface area contributed by atoms with Crippen LogP contribution in [-0.2, 0) is 7.05 Å². The maximum Gasteiger partial charge on any atom is 0.268 e. The largest absolute Gasteiger partial charge is 0.494 e. The van der Waals surface area contributed by atoms with Crippen LogP contribution in [0, 0.1) is 0 Å². The van der Waals surface area contributed by atoms with E-state index in [9.17, 15) is 4.79 Å². The Kier molecular flexibility index (Phi) is 5.37. The Balaban J connectivity index is 2.14. The summed E-state index contributed by atoms with van der Waals surface area (Å²) in [5.74, 6) is 0.552. The molecular weight excluding hydrogens is 323 g/mol. The van der Waals surface area contributed by atoms with E-state index in [4.69, 9.17) is 27.9 Å². The molecule has 6 heteroatoms. The second kappa shape index (κ2) is 7.07. The Morgan fingerprint density at radius 2 is 2.09 bits per heavy atom. The molecular formula is C16H18Cl2N2O2. The molecule has 1 aromatic carbocycles. The molecule has 0 fully saturated rings. The molecule has 2 aromatic rings. The Hall–Kier alpha value is -1.65. The summed E-state index contributed by atoms with van der Waals surface area (Å²) in [5.41, 5.74) is 1.38. The van der Waals surface area contributed by atoms with E-state index in [2.05, 4.69) is 5.32 Å². The molecule has 1 aromatic heterocycles. The summed E-state index contributed by atoms with van der Waals surface area (Å²) in [6.45, 7) is 4.44. The Bertz CT molecular complexity index is 683. The molecule has 1 atom stereocenters. The summed E-state index contributed by atoms with van der Waals surface area (Å²) in [6, 6.07) is 9.04. The van der Waals surface area contributed by atoms with Gasteiger partial charge in [-0.25, -0.2) is 0 Å². The van der Waals surface area contributed by atoms with E-state index in [0.29, 0.717) is 22.5 Å². The predicted molar refractivity (Wildman–Crippen MR) is 88.9 cm³/mol. The van der Waals surface area contributed by atoms with Crippen LogP contribution in [0.5, 0.6) is 5.75 Å². The van der Waals surface area contributed by atoms with Gasteiger partial charge in [0.15, 0.2) is 0 Å². The minimum atomic E-state index is -0.231. The summed E-state index contributed by atoms with van der Waals surface area (Å²) in [5, 5.41) is 3.64. The molecule has 0 spiro atoms. The lowest BCUT2D eigenvalue weighted by molar-refractivity contribution is 0.0931. The van der Waals surface area contributed by atoms with Crippen molar-refractivity contribution in [2.24, 2.45) is 7.05 Å². The van der Waals surface area contributed by atoms with E-state index >= 15 is 0 Å². The summed E-state index contributed by atoms with van der Waals surface area (Å²) in [4.78, 5) is 12.3. The van der Waals surface area contributed by atoms with Crippen LogP contribution in [-0.4, -0.2) is 17.1 Å². The van der Waals surface area contributed by atoms with Gasteiger partial charge >= 0.3 is 0 Å². The van der Waals surface area contributed by atoms with Gasteiger partial charge in [0.25, 0.3) is 5.91 Å². The summed E-state index contributed by atoms with van der Waals surface area (Å²) in [6.07, 6.45) is 0. The molecule has 0 radical (unpaired) electrons. The molecule has 1 amide bonds. The van der Waals surface area contributed by atoms with Crippen LogP contribution in [0.15, 0.2) is 30.3 Å². The third-order valence-electron chi connectivity index (χ3n) is 3.37. The van der Waals surface area contributed by atoms with Crippen LogP contribution >= 0.6 is 23.2 Å². The van der Waals surface area contributed by atoms with Crippen molar-refractivity contribution in [2.75, 3.05) is 6.61 Å². The number of ether oxygens (including phenoxy) is 1. The molecule has 22 heavy (non-hydrogen) atoms. The first-order valence-electron chi connectivity index (χ1n) is 6.98. The van der Waals surface area contributed by atoms with Gasteiger partial charge in [0.1, 0.15) is 16.6 Å². The average molecular weight is 341 g/mol. The number of aromatic nitrogens is 1. The van der Waals surface area contributed by atoms with Crippen LogP contribution in [0.4, 0.5) is 0 Å². The number of benzene rings is 1. The fourth-order valence-corrected chi connectivity index (χ4v) is 2.53. The van der Waals surface area contributed by atoms with Crippen molar-refractivity contribution < 1.29 is 9.53 Å². The van der Waals surface area contributed by atoms with Crippen LogP contribution in [0.3, 0.4) is 0 Å². The molecule has 4 nitrogen and oxygen atoms in total. The lowest BCUT2D eigenvalue weighted by Crippen LogP contribution is -2.28. The number of rotatable bonds is 5. The Morgan fingerprint density at radius 3 is 2.68 bits per heavy atom. The zero-order valence-electron chi connectivity index (χ0n) is 12.7. The van der Waals surface area contributed by atoms with Crippen molar-refractivity contribution in [1.82, 2.24) is 9.88 Å². The highest BCUT2D eigenvalue weighted by atomic mass is 35.5. The molecule has 118 valence electrons. The molecule has 1 N–H and O–H groups in total. The van der Waals surface area contributed by atoms with Gasteiger partial charge in [0.2, 0.25) is 0 Å². The summed E-state index contributed by atoms with van der Waals surface area (Å²) < 4.78 is 7.03. The fraction of sp³-hybridized carbons (Fsp3) is 0.312. The number of nitrogens with zero attached hydrogens (tertiary/aromatic N) is 1. The van der Waals surface area contributed by atoms with E-state index in [1.54, 1.807) is 17.7 Å². The number of hydrogen-bond donors (Lipinski definition) is 1. The Morgan fingerprint density at radius 1 is 1.36 bits per heavy atom. The maximum absolute atomic E-state index is 12.3. The predicted octanol–water partition coefficient (Wildman–Crippen LogP) is 4.22. The molecule has 1 unspecified atom stereocenters. The quantitative estimate of drug-likeness (QED) is 0.885. The highest BCUT2D eigenvalue weighted by molar-refractivity contribution is 6.41. The minimum Gasteiger partial charge on any atom is -0.494 e. The van der Waals surface area contributed by atoms with Crippen molar-refractivity contribution in [3.8, 4) is 5.75 Å². The second-order valence-electron chi connectivity index (χ2n) is 4.93. The van der Waals surface area contributed by atoms with Crippen LogP contribution < -0.4 is 10.1 Å². The number of nitrogens with one attached hydrogen (secondary N) is 1. The third-order valence-corrected chi connectivity index (χ3v) is 4.21. The molecule has 2 rings (SSSR count). The summed E-state index contributed by atoms with van der Waals surface area (Å²) in [7, 11) is 1.70. The van der Waals surface area contributed by atoms with E-state index in [1.165, 1.54) is 0 Å². The molecule has 0 bridgehead atoms. The lowest BCUT2D eigenvalue weighted by atomic mass is 10.1. The van der Waals surface area contributed by atoms with E-state index < -0.39 is 0 Å². The van der Waals surface area contributed by atoms with E-state index in [-0.39, 0.29) is 11.9 Å². The van der Waals surface area contributed by atoms with Gasteiger partial charge in [-0.2, -0.15) is 0 Å². The van der Waals surface area contributed by atoms with Gasteiger partial charge in [-0.1, -0.05) is 35.3 Å². The normalized spacial score (nSPS) is 12.0. The number of carbonyl (C=O) groups excluding carboxylic acids is 1. The molecule has 1 heterocycles. The van der Waals surface area contributed by atoms with Gasteiger partial charge in [-0.05, 0) is 37.6 Å². The van der Waals surface area contributed by atoms with Crippen molar-refractivity contribution in [1.29, 1.82) is 0 Å². The Labute approximate surface area is 140 Å². The van der Waals surface area contributed by atoms with Gasteiger partial charge in [0.05, 0.1) is 17.7 Å². The average Bonchev–Trinajstić information content (AvgIpc) is 2.75. The van der Waals surface area contributed by atoms with Gasteiger partial charge in [0, 0.05) is 7.05 Å². The lowest BCUT2D eigenvalue weighted by Gasteiger charge is -2.16. The van der Waals surface area contributed by atoms with Crippen LogP contribution in [0.2, 0.25) is 10.2 Å². The molecule has 0 aliphatic rings. The number of hydrogen-bond acceptors (Lipinski definition) is 2. The molecule has 0 saturated carbocycles. The van der Waals surface area contributed by atoms with E-state index in [1.807, 2.05) is 38.1 Å². The topological polar surface area (TPSA) is 43.3 Å². The standard InChI is InChI=1S/C16H18Cl2N2O2/c1-4-22-12-7-5-6-11(8-12)10(2)19-16(21)14-9-13(17)15(18)20(14)3/h5-10H,4H2,1-3H3,(H,19,21). The summed E-state index contributed by atoms with van der Waals surface area (Å²) >= 11 is 11.9. The zero-order chi connectivity index (χ0) is 16.3. The first-order chi connectivity index (χ1) is 10.4. The SMILES string of the molecule is CCOc1cccc(C(C)NC(=O)c2cc(Cl)c(Cl)n2C)c1. The number of carbonyl (C=O) groups is 1. The van der Waals surface area contributed by atoms with E-state index in [0.717, 1.165) is 11.3 Å². The minimum absolute atomic E-state index is 0.166. The first-order valence-corrected chi connectivity index (χ1v) is 7.74. The van der Waals surface area contributed by atoms with Crippen LogP contribution in [0.1, 0.15) is 35.9 Å². The maximum atomic E-state index is 12.3. The smallest absolute Gasteiger partial charge is 0.268 e. The highest BCUT2D eigenvalue weighted by Gasteiger charge is 2.18. The molecule has 0 saturated heterocycles. The zero-order valence-corrected chi connectivity index (χ0v) is 14.2.